The van der Waals surface area contributed by atoms with E-state index in [9.17, 15) is 9.59 Å². The molecule has 0 aliphatic carbocycles. The molecule has 0 bridgehead atoms. The van der Waals surface area contributed by atoms with Gasteiger partial charge in [0.25, 0.3) is 5.56 Å². The second-order valence-electron chi connectivity index (χ2n) is 8.37. The average molecular weight is 503 g/mol. The molecule has 1 unspecified atom stereocenters. The molecular formula is C29H30N2O4S. The maximum Gasteiger partial charge on any atom is 0.338 e. The number of hydrogen-bond acceptors (Lipinski definition) is 6. The molecule has 1 atom stereocenters. The molecule has 1 aromatic heterocycles. The Labute approximate surface area is 214 Å². The molecule has 0 saturated carbocycles. The van der Waals surface area contributed by atoms with Gasteiger partial charge < -0.3 is 9.47 Å². The zero-order chi connectivity index (χ0) is 25.5. The maximum absolute atomic E-state index is 13.6. The number of hydrogen-bond donors (Lipinski definition) is 0. The first-order valence-corrected chi connectivity index (χ1v) is 13.0. The summed E-state index contributed by atoms with van der Waals surface area (Å²) in [5, 5.41) is 0. The fraction of sp³-hybridized carbons (Fsp3) is 0.276. The first-order valence-electron chi connectivity index (χ1n) is 12.2. The Morgan fingerprint density at radius 1 is 1.11 bits per heavy atom. The van der Waals surface area contributed by atoms with Crippen molar-refractivity contribution < 1.29 is 14.3 Å². The number of nitrogens with zero attached hydrogens (tertiary/aromatic N) is 2. The molecule has 7 heteroatoms. The van der Waals surface area contributed by atoms with Crippen LogP contribution in [0.15, 0.2) is 81.7 Å². The highest BCUT2D eigenvalue weighted by Crippen LogP contribution is 2.31. The van der Waals surface area contributed by atoms with Crippen LogP contribution in [0.4, 0.5) is 0 Å². The average Bonchev–Trinajstić information content (AvgIpc) is 3.19. The highest BCUT2D eigenvalue weighted by atomic mass is 32.1. The van der Waals surface area contributed by atoms with Gasteiger partial charge in [-0.25, -0.2) is 9.79 Å². The fourth-order valence-corrected chi connectivity index (χ4v) is 5.01. The summed E-state index contributed by atoms with van der Waals surface area (Å²) in [5.74, 6) is 0.286. The minimum atomic E-state index is -0.634. The van der Waals surface area contributed by atoms with Crippen LogP contribution in [0.25, 0.3) is 12.2 Å². The zero-order valence-corrected chi connectivity index (χ0v) is 21.6. The highest BCUT2D eigenvalue weighted by Gasteiger charge is 2.33. The van der Waals surface area contributed by atoms with Crippen molar-refractivity contribution in [3.63, 3.8) is 0 Å². The predicted octanol–water partition coefficient (Wildman–Crippen LogP) is 4.64. The number of esters is 1. The van der Waals surface area contributed by atoms with E-state index in [0.29, 0.717) is 27.2 Å². The van der Waals surface area contributed by atoms with E-state index in [1.54, 1.807) is 24.5 Å². The fourth-order valence-electron chi connectivity index (χ4n) is 4.01. The number of ether oxygens (including phenoxy) is 2. The van der Waals surface area contributed by atoms with Crippen molar-refractivity contribution in [1.29, 1.82) is 0 Å². The summed E-state index contributed by atoms with van der Waals surface area (Å²) in [6, 6.07) is 16.8. The summed E-state index contributed by atoms with van der Waals surface area (Å²) in [7, 11) is 0. The Kier molecular flexibility index (Phi) is 8.33. The van der Waals surface area contributed by atoms with E-state index in [-0.39, 0.29) is 12.2 Å². The summed E-state index contributed by atoms with van der Waals surface area (Å²) in [6.07, 6.45) is 7.63. The Morgan fingerprint density at radius 2 is 1.86 bits per heavy atom. The van der Waals surface area contributed by atoms with Crippen LogP contribution in [0.1, 0.15) is 50.8 Å². The van der Waals surface area contributed by atoms with Gasteiger partial charge in [-0.1, -0.05) is 79.3 Å². The van der Waals surface area contributed by atoms with Crippen molar-refractivity contribution in [3.05, 3.63) is 103 Å². The molecule has 186 valence electrons. The second-order valence-corrected chi connectivity index (χ2v) is 9.37. The Hall–Kier alpha value is -3.71. The van der Waals surface area contributed by atoms with Gasteiger partial charge in [0.15, 0.2) is 4.80 Å². The van der Waals surface area contributed by atoms with Crippen LogP contribution in [-0.4, -0.2) is 23.8 Å². The Bertz CT molecular complexity index is 1450. The van der Waals surface area contributed by atoms with E-state index in [0.717, 1.165) is 29.7 Å². The molecule has 0 radical (unpaired) electrons. The number of aromatic nitrogens is 1. The van der Waals surface area contributed by atoms with E-state index in [1.807, 2.05) is 66.7 Å². The van der Waals surface area contributed by atoms with Crippen LogP contribution in [0, 0.1) is 0 Å². The lowest BCUT2D eigenvalue weighted by atomic mass is 9.96. The third-order valence-corrected chi connectivity index (χ3v) is 6.82. The maximum atomic E-state index is 13.6. The third-order valence-electron chi connectivity index (χ3n) is 5.82. The van der Waals surface area contributed by atoms with Crippen LogP contribution in [0.5, 0.6) is 5.75 Å². The minimum Gasteiger partial charge on any atom is -0.494 e. The molecule has 0 amide bonds. The van der Waals surface area contributed by atoms with Gasteiger partial charge in [0.05, 0.1) is 35.1 Å². The van der Waals surface area contributed by atoms with Gasteiger partial charge in [-0.15, -0.1) is 0 Å². The number of thiazole rings is 1. The number of fused-ring (bicyclic) bond motifs is 1. The van der Waals surface area contributed by atoms with Gasteiger partial charge in [-0.2, -0.15) is 0 Å². The summed E-state index contributed by atoms with van der Waals surface area (Å²) >= 11 is 1.31. The third kappa shape index (κ3) is 5.57. The van der Waals surface area contributed by atoms with Crippen LogP contribution in [-0.2, 0) is 9.53 Å². The van der Waals surface area contributed by atoms with Crippen LogP contribution in [0.2, 0.25) is 0 Å². The lowest BCUT2D eigenvalue weighted by Crippen LogP contribution is -2.39. The molecular weight excluding hydrogens is 472 g/mol. The standard InChI is InChI=1S/C29H30N2O4S/c1-4-6-19-35-23-17-15-22(16-18-23)26-25(28(33)34-5-2)20(3)30-29-31(26)27(32)24(36-29)14-10-13-21-11-8-7-9-12-21/h7-18,26H,4-6,19H2,1-3H3/b13-10+,24-14-. The van der Waals surface area contributed by atoms with Gasteiger partial charge in [0, 0.05) is 0 Å². The monoisotopic (exact) mass is 502 g/mol. The normalized spacial score (nSPS) is 15.6. The Morgan fingerprint density at radius 3 is 2.56 bits per heavy atom. The molecule has 6 nitrogen and oxygen atoms in total. The first kappa shape index (κ1) is 25.4. The van der Waals surface area contributed by atoms with E-state index in [1.165, 1.54) is 11.3 Å². The molecule has 0 spiro atoms. The number of unbranched alkanes of at least 4 members (excludes halogenated alkanes) is 1. The van der Waals surface area contributed by atoms with Crippen molar-refractivity contribution in [1.82, 2.24) is 4.57 Å². The van der Waals surface area contributed by atoms with Crippen molar-refractivity contribution in [2.75, 3.05) is 13.2 Å². The molecule has 4 rings (SSSR count). The first-order chi connectivity index (χ1) is 17.5. The molecule has 0 fully saturated rings. The summed E-state index contributed by atoms with van der Waals surface area (Å²) in [6.45, 7) is 6.55. The van der Waals surface area contributed by atoms with Gasteiger partial charge in [-0.05, 0) is 49.6 Å². The van der Waals surface area contributed by atoms with Crippen molar-refractivity contribution >= 4 is 29.5 Å². The topological polar surface area (TPSA) is 69.9 Å². The van der Waals surface area contributed by atoms with E-state index < -0.39 is 12.0 Å². The molecule has 1 aliphatic rings. The molecule has 0 saturated heterocycles. The lowest BCUT2D eigenvalue weighted by molar-refractivity contribution is -0.139. The van der Waals surface area contributed by atoms with E-state index in [4.69, 9.17) is 9.47 Å². The van der Waals surface area contributed by atoms with Gasteiger partial charge >= 0.3 is 5.97 Å². The number of allylic oxidation sites excluding steroid dienone is 2. The largest absolute Gasteiger partial charge is 0.494 e. The zero-order valence-electron chi connectivity index (χ0n) is 20.8. The van der Waals surface area contributed by atoms with E-state index in [2.05, 4.69) is 11.9 Å². The number of benzene rings is 2. The quantitative estimate of drug-likeness (QED) is 0.316. The second kappa shape index (κ2) is 11.8. The van der Waals surface area contributed by atoms with Gasteiger partial charge in [-0.3, -0.25) is 9.36 Å². The van der Waals surface area contributed by atoms with Crippen LogP contribution in [0.3, 0.4) is 0 Å². The number of carbonyl (C=O) groups is 1. The highest BCUT2D eigenvalue weighted by molar-refractivity contribution is 7.07. The van der Waals surface area contributed by atoms with Crippen molar-refractivity contribution in [2.45, 2.75) is 39.7 Å². The molecule has 0 N–H and O–H groups in total. The summed E-state index contributed by atoms with van der Waals surface area (Å²) in [4.78, 5) is 31.7. The number of rotatable bonds is 9. The SMILES string of the molecule is CCCCOc1ccc(C2C(C(=O)OCC)=C(C)N=c3s/c(=C\C=C\c4ccccc4)c(=O)n32)cc1. The smallest absolute Gasteiger partial charge is 0.338 e. The Balaban J connectivity index is 1.77. The van der Waals surface area contributed by atoms with Gasteiger partial charge in [0.1, 0.15) is 5.75 Å². The van der Waals surface area contributed by atoms with Crippen LogP contribution >= 0.6 is 11.3 Å². The minimum absolute atomic E-state index is 0.195. The van der Waals surface area contributed by atoms with Crippen molar-refractivity contribution in [2.24, 2.45) is 4.99 Å². The molecule has 36 heavy (non-hydrogen) atoms. The molecule has 2 aromatic carbocycles. The van der Waals surface area contributed by atoms with E-state index >= 15 is 0 Å². The lowest BCUT2D eigenvalue weighted by Gasteiger charge is -2.24. The summed E-state index contributed by atoms with van der Waals surface area (Å²) in [5.41, 5.74) is 2.56. The molecule has 3 aromatic rings. The van der Waals surface area contributed by atoms with Crippen molar-refractivity contribution in [3.8, 4) is 5.75 Å². The molecule has 2 heterocycles. The predicted molar refractivity (Wildman–Crippen MR) is 144 cm³/mol. The summed E-state index contributed by atoms with van der Waals surface area (Å²) < 4.78 is 13.3. The number of carbonyl (C=O) groups excluding carboxylic acids is 1. The molecule has 1 aliphatic heterocycles. The van der Waals surface area contributed by atoms with Crippen LogP contribution < -0.4 is 19.6 Å². The van der Waals surface area contributed by atoms with Gasteiger partial charge in [0.2, 0.25) is 0 Å².